The van der Waals surface area contributed by atoms with E-state index in [0.29, 0.717) is 11.6 Å². The average Bonchev–Trinajstić information content (AvgIpc) is 3.35. The lowest BCUT2D eigenvalue weighted by Gasteiger charge is -2.25. The molecule has 0 bridgehead atoms. The van der Waals surface area contributed by atoms with Crippen molar-refractivity contribution in [3.05, 3.63) is 34.6 Å². The third kappa shape index (κ3) is 3.73. The van der Waals surface area contributed by atoms with Gasteiger partial charge in [0, 0.05) is 5.38 Å². The molecule has 4 rings (SSSR count). The van der Waals surface area contributed by atoms with Crippen molar-refractivity contribution >= 4 is 17.3 Å². The van der Waals surface area contributed by atoms with Gasteiger partial charge in [-0.05, 0) is 68.1 Å². The molecule has 0 aliphatic heterocycles. The van der Waals surface area contributed by atoms with Gasteiger partial charge in [-0.25, -0.2) is 9.18 Å². The van der Waals surface area contributed by atoms with Crippen LogP contribution in [0.4, 0.5) is 4.39 Å². The minimum absolute atomic E-state index is 0.0274. The maximum absolute atomic E-state index is 13.5. The predicted molar refractivity (Wildman–Crippen MR) is 102 cm³/mol. The first-order valence-electron chi connectivity index (χ1n) is 9.78. The fourth-order valence-electron chi connectivity index (χ4n) is 4.35. The van der Waals surface area contributed by atoms with E-state index in [1.165, 1.54) is 29.6 Å². The highest BCUT2D eigenvalue weighted by Crippen LogP contribution is 2.41. The molecule has 2 fully saturated rings. The largest absolute Gasteiger partial charge is 0.458 e. The van der Waals surface area contributed by atoms with Gasteiger partial charge in [0.15, 0.2) is 0 Å². The Bertz CT molecular complexity index is 767. The monoisotopic (exact) mass is 375 g/mol. The van der Waals surface area contributed by atoms with Gasteiger partial charge in [0.1, 0.15) is 17.6 Å². The molecule has 0 radical (unpaired) electrons. The first kappa shape index (κ1) is 17.8. The van der Waals surface area contributed by atoms with Crippen molar-refractivity contribution in [2.45, 2.75) is 70.3 Å². The zero-order valence-electron chi connectivity index (χ0n) is 15.2. The van der Waals surface area contributed by atoms with Crippen molar-refractivity contribution in [2.75, 3.05) is 0 Å². The van der Waals surface area contributed by atoms with E-state index in [2.05, 4.69) is 11.9 Å². The van der Waals surface area contributed by atoms with E-state index in [9.17, 15) is 9.18 Å². The van der Waals surface area contributed by atoms with Crippen LogP contribution in [0.15, 0.2) is 17.5 Å². The molecule has 5 heteroatoms. The standard InChI is InChI=1S/C21H26FNO2S/c1-13-6-8-16(9-7-13)25-21(24)18-11-17(14-4-2-3-5-14)20(23-18)19-10-15(22)12-26-19/h10-14,16,23H,2-9H2,1H3. The number of ether oxygens (including phenoxy) is 1. The Kier molecular flexibility index (Phi) is 5.16. The minimum Gasteiger partial charge on any atom is -0.458 e. The second-order valence-electron chi connectivity index (χ2n) is 7.91. The summed E-state index contributed by atoms with van der Waals surface area (Å²) in [7, 11) is 0. The summed E-state index contributed by atoms with van der Waals surface area (Å²) in [5.41, 5.74) is 2.55. The van der Waals surface area contributed by atoms with Crippen LogP contribution in [0, 0.1) is 11.7 Å². The molecule has 26 heavy (non-hydrogen) atoms. The molecule has 140 valence electrons. The highest BCUT2D eigenvalue weighted by atomic mass is 32.1. The van der Waals surface area contributed by atoms with Gasteiger partial charge in [-0.15, -0.1) is 11.3 Å². The molecule has 2 aromatic heterocycles. The van der Waals surface area contributed by atoms with Gasteiger partial charge in [-0.2, -0.15) is 0 Å². The summed E-state index contributed by atoms with van der Waals surface area (Å²) in [6.45, 7) is 2.25. The smallest absolute Gasteiger partial charge is 0.355 e. The number of aromatic nitrogens is 1. The Morgan fingerprint density at radius 3 is 2.54 bits per heavy atom. The molecule has 2 aliphatic carbocycles. The molecule has 0 spiro atoms. The normalized spacial score (nSPS) is 24.1. The first-order chi connectivity index (χ1) is 12.6. The van der Waals surface area contributed by atoms with E-state index in [4.69, 9.17) is 4.74 Å². The lowest BCUT2D eigenvalue weighted by molar-refractivity contribution is 0.0168. The zero-order valence-corrected chi connectivity index (χ0v) is 16.0. The summed E-state index contributed by atoms with van der Waals surface area (Å²) in [5.74, 6) is 0.678. The molecule has 1 N–H and O–H groups in total. The van der Waals surface area contributed by atoms with E-state index in [-0.39, 0.29) is 17.9 Å². The van der Waals surface area contributed by atoms with Crippen LogP contribution in [0.2, 0.25) is 0 Å². The van der Waals surface area contributed by atoms with Crippen LogP contribution in [0.3, 0.4) is 0 Å². The molecule has 0 saturated heterocycles. The van der Waals surface area contributed by atoms with Crippen molar-refractivity contribution in [3.8, 4) is 10.6 Å². The third-order valence-corrected chi connectivity index (χ3v) is 6.83. The SMILES string of the molecule is CC1CCC(OC(=O)c2cc(C3CCCC3)c(-c3cc(F)cs3)[nH]2)CC1. The lowest BCUT2D eigenvalue weighted by Crippen LogP contribution is -2.23. The van der Waals surface area contributed by atoms with E-state index in [1.807, 2.05) is 6.07 Å². The zero-order chi connectivity index (χ0) is 18.1. The quantitative estimate of drug-likeness (QED) is 0.639. The number of hydrogen-bond donors (Lipinski definition) is 1. The van der Waals surface area contributed by atoms with Gasteiger partial charge in [-0.3, -0.25) is 0 Å². The molecule has 2 saturated carbocycles. The first-order valence-corrected chi connectivity index (χ1v) is 10.7. The summed E-state index contributed by atoms with van der Waals surface area (Å²) in [5, 5.41) is 1.51. The maximum atomic E-state index is 13.5. The van der Waals surface area contributed by atoms with Crippen LogP contribution in [0.5, 0.6) is 0 Å². The van der Waals surface area contributed by atoms with E-state index in [0.717, 1.165) is 60.6 Å². The Hall–Kier alpha value is -1.62. The minimum atomic E-state index is -0.271. The van der Waals surface area contributed by atoms with E-state index < -0.39 is 0 Å². The highest BCUT2D eigenvalue weighted by molar-refractivity contribution is 7.13. The molecule has 0 aromatic carbocycles. The van der Waals surface area contributed by atoms with Crippen LogP contribution in [-0.2, 0) is 4.74 Å². The van der Waals surface area contributed by atoms with Crippen LogP contribution < -0.4 is 0 Å². The molecular formula is C21H26FNO2S. The summed E-state index contributed by atoms with van der Waals surface area (Å²) < 4.78 is 19.3. The Balaban J connectivity index is 1.57. The predicted octanol–water partition coefficient (Wildman–Crippen LogP) is 6.28. The van der Waals surface area contributed by atoms with Crippen LogP contribution in [-0.4, -0.2) is 17.1 Å². The number of H-pyrrole nitrogens is 1. The summed E-state index contributed by atoms with van der Waals surface area (Å²) in [6.07, 6.45) is 8.87. The van der Waals surface area contributed by atoms with Gasteiger partial charge >= 0.3 is 5.97 Å². The molecule has 0 amide bonds. The van der Waals surface area contributed by atoms with Crippen LogP contribution in [0.25, 0.3) is 10.6 Å². The molecule has 2 heterocycles. The van der Waals surface area contributed by atoms with Crippen molar-refractivity contribution in [3.63, 3.8) is 0 Å². The number of aromatic amines is 1. The number of nitrogens with one attached hydrogen (secondary N) is 1. The number of halogens is 1. The molecule has 0 unspecified atom stereocenters. The Morgan fingerprint density at radius 1 is 1.15 bits per heavy atom. The number of carbonyl (C=O) groups is 1. The highest BCUT2D eigenvalue weighted by Gasteiger charge is 2.27. The Labute approximate surface area is 158 Å². The molecule has 2 aromatic rings. The molecule has 0 atom stereocenters. The van der Waals surface area contributed by atoms with Gasteiger partial charge in [0.25, 0.3) is 0 Å². The fourth-order valence-corrected chi connectivity index (χ4v) is 5.12. The number of carbonyl (C=O) groups excluding carboxylic acids is 1. The van der Waals surface area contributed by atoms with Gasteiger partial charge < -0.3 is 9.72 Å². The van der Waals surface area contributed by atoms with Crippen LogP contribution in [0.1, 0.15) is 80.3 Å². The molecule has 3 nitrogen and oxygen atoms in total. The molecular weight excluding hydrogens is 349 g/mol. The summed E-state index contributed by atoms with van der Waals surface area (Å²) in [4.78, 5) is 16.8. The molecule has 2 aliphatic rings. The number of hydrogen-bond acceptors (Lipinski definition) is 3. The number of thiophene rings is 1. The summed E-state index contributed by atoms with van der Waals surface area (Å²) in [6, 6.07) is 3.50. The lowest BCUT2D eigenvalue weighted by atomic mass is 9.89. The van der Waals surface area contributed by atoms with Crippen molar-refractivity contribution in [1.29, 1.82) is 0 Å². The third-order valence-electron chi connectivity index (χ3n) is 5.91. The average molecular weight is 376 g/mol. The number of rotatable bonds is 4. The van der Waals surface area contributed by atoms with E-state index in [1.54, 1.807) is 6.07 Å². The fraction of sp³-hybridized carbons (Fsp3) is 0.571. The topological polar surface area (TPSA) is 42.1 Å². The maximum Gasteiger partial charge on any atom is 0.355 e. The summed E-state index contributed by atoms with van der Waals surface area (Å²) >= 11 is 1.38. The van der Waals surface area contributed by atoms with Crippen molar-refractivity contribution in [1.82, 2.24) is 4.98 Å². The van der Waals surface area contributed by atoms with Crippen LogP contribution >= 0.6 is 11.3 Å². The van der Waals surface area contributed by atoms with Crippen molar-refractivity contribution < 1.29 is 13.9 Å². The second kappa shape index (κ2) is 7.55. The second-order valence-corrected chi connectivity index (χ2v) is 8.82. The van der Waals surface area contributed by atoms with E-state index >= 15 is 0 Å². The van der Waals surface area contributed by atoms with Gasteiger partial charge in [0.2, 0.25) is 0 Å². The number of esters is 1. The Morgan fingerprint density at radius 2 is 1.88 bits per heavy atom. The van der Waals surface area contributed by atoms with Gasteiger partial charge in [-0.1, -0.05) is 19.8 Å². The van der Waals surface area contributed by atoms with Crippen molar-refractivity contribution in [2.24, 2.45) is 5.92 Å². The van der Waals surface area contributed by atoms with Gasteiger partial charge in [0.05, 0.1) is 10.6 Å².